The summed E-state index contributed by atoms with van der Waals surface area (Å²) in [6, 6.07) is -0.575. The average Bonchev–Trinajstić information content (AvgIpc) is 2.50. The van der Waals surface area contributed by atoms with Crippen LogP contribution in [0.25, 0.3) is 0 Å². The van der Waals surface area contributed by atoms with Crippen molar-refractivity contribution >= 4 is 18.3 Å². The van der Waals surface area contributed by atoms with Crippen molar-refractivity contribution in [2.45, 2.75) is 32.5 Å². The quantitative estimate of drug-likeness (QED) is 0.858. The van der Waals surface area contributed by atoms with Gasteiger partial charge in [-0.1, -0.05) is 13.8 Å². The number of nitrogens with two attached hydrogens (primary N) is 1. The van der Waals surface area contributed by atoms with Crippen LogP contribution in [-0.4, -0.2) is 60.6 Å². The lowest BCUT2D eigenvalue weighted by atomic mass is 10.0. The van der Waals surface area contributed by atoms with Crippen LogP contribution in [0.2, 0.25) is 0 Å². The molecule has 0 bridgehead atoms. The second kappa shape index (κ2) is 8.05. The first-order valence-electron chi connectivity index (χ1n) is 6.54. The van der Waals surface area contributed by atoms with E-state index in [9.17, 15) is 18.0 Å². The average molecular weight is 318 g/mol. The van der Waals surface area contributed by atoms with Crippen LogP contribution in [0.3, 0.4) is 0 Å². The molecule has 1 atom stereocenters. The standard InChI is InChI=1S/C12H22F3N3O.ClH/c1-9(2)10(16)11(19)18-5-3-4-17(6-7-18)8-12(13,14)15;/h9-10H,3-8,16H2,1-2H3;1H/t10-;/m0./s1. The predicted molar refractivity (Wildman–Crippen MR) is 73.8 cm³/mol. The molecule has 120 valence electrons. The van der Waals surface area contributed by atoms with E-state index in [4.69, 9.17) is 5.73 Å². The molecule has 1 heterocycles. The minimum Gasteiger partial charge on any atom is -0.340 e. The number of carbonyl (C=O) groups is 1. The fourth-order valence-electron chi connectivity index (χ4n) is 2.10. The molecule has 0 unspecified atom stereocenters. The lowest BCUT2D eigenvalue weighted by Gasteiger charge is -2.26. The zero-order valence-corrected chi connectivity index (χ0v) is 12.6. The Hall–Kier alpha value is -0.530. The monoisotopic (exact) mass is 317 g/mol. The molecule has 20 heavy (non-hydrogen) atoms. The summed E-state index contributed by atoms with van der Waals surface area (Å²) in [5, 5.41) is 0. The van der Waals surface area contributed by atoms with Crippen LogP contribution in [0, 0.1) is 5.92 Å². The first-order valence-corrected chi connectivity index (χ1v) is 6.54. The predicted octanol–water partition coefficient (Wildman–Crippen LogP) is 1.49. The van der Waals surface area contributed by atoms with Crippen LogP contribution >= 0.6 is 12.4 Å². The minimum atomic E-state index is -4.19. The zero-order chi connectivity index (χ0) is 14.6. The maximum Gasteiger partial charge on any atom is 0.401 e. The molecule has 1 aliphatic rings. The fraction of sp³-hybridized carbons (Fsp3) is 0.917. The maximum absolute atomic E-state index is 12.3. The largest absolute Gasteiger partial charge is 0.401 e. The van der Waals surface area contributed by atoms with Crippen molar-refractivity contribution in [2.24, 2.45) is 11.7 Å². The van der Waals surface area contributed by atoms with Gasteiger partial charge in [-0.05, 0) is 12.3 Å². The summed E-state index contributed by atoms with van der Waals surface area (Å²) in [7, 11) is 0. The highest BCUT2D eigenvalue weighted by Gasteiger charge is 2.32. The smallest absolute Gasteiger partial charge is 0.340 e. The summed E-state index contributed by atoms with van der Waals surface area (Å²) in [6.07, 6.45) is -3.64. The summed E-state index contributed by atoms with van der Waals surface area (Å²) < 4.78 is 37.0. The highest BCUT2D eigenvalue weighted by Crippen LogP contribution is 2.18. The Balaban J connectivity index is 0.00000361. The number of hydrogen-bond donors (Lipinski definition) is 1. The Morgan fingerprint density at radius 3 is 2.30 bits per heavy atom. The van der Waals surface area contributed by atoms with Crippen molar-refractivity contribution in [1.82, 2.24) is 9.80 Å². The van der Waals surface area contributed by atoms with Crippen LogP contribution in [0.15, 0.2) is 0 Å². The molecule has 0 aliphatic carbocycles. The number of amides is 1. The Labute approximate surface area is 123 Å². The molecule has 1 fully saturated rings. The van der Waals surface area contributed by atoms with E-state index in [0.29, 0.717) is 26.1 Å². The molecule has 1 amide bonds. The molecular formula is C12H23ClF3N3O. The number of rotatable bonds is 3. The van der Waals surface area contributed by atoms with Crippen molar-refractivity contribution in [3.63, 3.8) is 0 Å². The van der Waals surface area contributed by atoms with Crippen molar-refractivity contribution < 1.29 is 18.0 Å². The number of nitrogens with zero attached hydrogens (tertiary/aromatic N) is 2. The summed E-state index contributed by atoms with van der Waals surface area (Å²) in [5.41, 5.74) is 5.79. The topological polar surface area (TPSA) is 49.6 Å². The van der Waals surface area contributed by atoms with Gasteiger partial charge in [-0.2, -0.15) is 13.2 Å². The minimum absolute atomic E-state index is 0. The van der Waals surface area contributed by atoms with Gasteiger partial charge in [0.15, 0.2) is 0 Å². The SMILES string of the molecule is CC(C)[C@H](N)C(=O)N1CCCN(CC(F)(F)F)CC1.Cl. The van der Waals surface area contributed by atoms with Crippen molar-refractivity contribution in [2.75, 3.05) is 32.7 Å². The van der Waals surface area contributed by atoms with Crippen LogP contribution < -0.4 is 5.73 Å². The van der Waals surface area contributed by atoms with Gasteiger partial charge in [0, 0.05) is 26.2 Å². The van der Waals surface area contributed by atoms with Gasteiger partial charge in [0.25, 0.3) is 0 Å². The van der Waals surface area contributed by atoms with Crippen LogP contribution in [0.1, 0.15) is 20.3 Å². The Kier molecular flexibility index (Phi) is 7.83. The second-order valence-corrected chi connectivity index (χ2v) is 5.34. The Morgan fingerprint density at radius 2 is 1.80 bits per heavy atom. The van der Waals surface area contributed by atoms with Gasteiger partial charge in [0.1, 0.15) is 0 Å². The lowest BCUT2D eigenvalue weighted by molar-refractivity contribution is -0.145. The maximum atomic E-state index is 12.3. The number of alkyl halides is 3. The molecule has 8 heteroatoms. The van der Waals surface area contributed by atoms with Gasteiger partial charge >= 0.3 is 6.18 Å². The van der Waals surface area contributed by atoms with Crippen molar-refractivity contribution in [1.29, 1.82) is 0 Å². The molecule has 0 aromatic rings. The molecule has 0 spiro atoms. The summed E-state index contributed by atoms with van der Waals surface area (Å²) in [5.74, 6) is -0.133. The molecule has 1 saturated heterocycles. The molecule has 0 saturated carbocycles. The fourth-order valence-corrected chi connectivity index (χ4v) is 2.10. The van der Waals surface area contributed by atoms with Crippen molar-refractivity contribution in [3.05, 3.63) is 0 Å². The molecule has 4 nitrogen and oxygen atoms in total. The highest BCUT2D eigenvalue weighted by molar-refractivity contribution is 5.85. The van der Waals surface area contributed by atoms with Crippen LogP contribution in [0.5, 0.6) is 0 Å². The molecular weight excluding hydrogens is 295 g/mol. The third-order valence-electron chi connectivity index (χ3n) is 3.31. The van der Waals surface area contributed by atoms with E-state index in [-0.39, 0.29) is 30.8 Å². The molecule has 1 rings (SSSR count). The third-order valence-corrected chi connectivity index (χ3v) is 3.31. The van der Waals surface area contributed by atoms with E-state index in [1.165, 1.54) is 4.90 Å². The highest BCUT2D eigenvalue weighted by atomic mass is 35.5. The van der Waals surface area contributed by atoms with E-state index in [1.807, 2.05) is 13.8 Å². The van der Waals surface area contributed by atoms with E-state index < -0.39 is 18.8 Å². The first-order chi connectivity index (χ1) is 8.70. The zero-order valence-electron chi connectivity index (χ0n) is 11.8. The molecule has 1 aliphatic heterocycles. The number of hydrogen-bond acceptors (Lipinski definition) is 3. The van der Waals surface area contributed by atoms with Gasteiger partial charge in [-0.25, -0.2) is 0 Å². The van der Waals surface area contributed by atoms with Crippen molar-refractivity contribution in [3.8, 4) is 0 Å². The first kappa shape index (κ1) is 19.5. The normalized spacial score (nSPS) is 19.4. The van der Waals surface area contributed by atoms with Crippen LogP contribution in [0.4, 0.5) is 13.2 Å². The van der Waals surface area contributed by atoms with Gasteiger partial charge in [-0.3, -0.25) is 9.69 Å². The third kappa shape index (κ3) is 6.28. The van der Waals surface area contributed by atoms with Gasteiger partial charge < -0.3 is 10.6 Å². The van der Waals surface area contributed by atoms with E-state index in [1.54, 1.807) is 4.90 Å². The lowest BCUT2D eigenvalue weighted by Crippen LogP contribution is -2.47. The number of halogens is 4. The Morgan fingerprint density at radius 1 is 1.20 bits per heavy atom. The van der Waals surface area contributed by atoms with Gasteiger partial charge in [0.2, 0.25) is 5.91 Å². The van der Waals surface area contributed by atoms with Gasteiger partial charge in [-0.15, -0.1) is 12.4 Å². The number of carbonyl (C=O) groups excluding carboxylic acids is 1. The molecule has 0 aromatic heterocycles. The second-order valence-electron chi connectivity index (χ2n) is 5.34. The van der Waals surface area contributed by atoms with E-state index in [0.717, 1.165) is 0 Å². The van der Waals surface area contributed by atoms with Crippen LogP contribution in [-0.2, 0) is 4.79 Å². The Bertz CT molecular complexity index is 313. The van der Waals surface area contributed by atoms with E-state index in [2.05, 4.69) is 0 Å². The van der Waals surface area contributed by atoms with Gasteiger partial charge in [0.05, 0.1) is 12.6 Å². The van der Waals surface area contributed by atoms with E-state index >= 15 is 0 Å². The summed E-state index contributed by atoms with van der Waals surface area (Å²) in [6.45, 7) is 4.21. The molecule has 2 N–H and O–H groups in total. The molecule has 0 aromatic carbocycles. The summed E-state index contributed by atoms with van der Waals surface area (Å²) in [4.78, 5) is 15.0. The molecule has 0 radical (unpaired) electrons. The summed E-state index contributed by atoms with van der Waals surface area (Å²) >= 11 is 0.